The van der Waals surface area contributed by atoms with Crippen LogP contribution in [0.5, 0.6) is 0 Å². The fraction of sp³-hybridized carbons (Fsp3) is 0.165. The van der Waals surface area contributed by atoms with Crippen LogP contribution in [0, 0.1) is 0 Å². The minimum absolute atomic E-state index is 0. The van der Waals surface area contributed by atoms with E-state index in [1.54, 1.807) is 87.6 Å². The van der Waals surface area contributed by atoms with Crippen molar-refractivity contribution in [2.45, 2.75) is 92.5 Å². The van der Waals surface area contributed by atoms with E-state index in [9.17, 15) is 79.5 Å². The van der Waals surface area contributed by atoms with E-state index in [0.717, 1.165) is 83.5 Å². The Kier molecular flexibility index (Phi) is 50.1. The monoisotopic (exact) mass is 2310 g/mol. The van der Waals surface area contributed by atoms with Gasteiger partial charge < -0.3 is 183 Å². The van der Waals surface area contributed by atoms with E-state index >= 15 is 0 Å². The first-order chi connectivity index (χ1) is 65.9. The van der Waals surface area contributed by atoms with Crippen molar-refractivity contribution in [3.63, 3.8) is 0 Å². The number of hydrogen-bond donors (Lipinski definition) is 16. The largest absolute Gasteiger partial charge is 1.00 e. The Morgan fingerprint density at radius 1 is 0.266 bits per heavy atom. The maximum absolute atomic E-state index is 13.3. The third-order valence-electron chi connectivity index (χ3n) is 22.6. The third kappa shape index (κ3) is 36.9. The zero-order valence-corrected chi connectivity index (χ0v) is 88.4. The van der Waals surface area contributed by atoms with Crippen LogP contribution in [0.1, 0.15) is 93.2 Å². The molecule has 16 N–H and O–H groups in total. The lowest BCUT2D eigenvalue weighted by Gasteiger charge is -2.10. The number of benzene rings is 6. The van der Waals surface area contributed by atoms with Crippen molar-refractivity contribution in [1.29, 1.82) is 0 Å². The fourth-order valence-corrected chi connectivity index (χ4v) is 15.6. The molecule has 0 unspecified atom stereocenters. The number of hydrogen-bond acceptors (Lipinski definition) is 16. The first-order valence-corrected chi connectivity index (χ1v) is 44.7. The lowest BCUT2D eigenvalue weighted by atomic mass is 9.77. The van der Waals surface area contributed by atoms with Gasteiger partial charge in [0.1, 0.15) is 5.56 Å². The Morgan fingerprint density at radius 2 is 0.587 bits per heavy atom. The van der Waals surface area contributed by atoms with Crippen LogP contribution in [-0.2, 0) is 79.7 Å². The molecule has 6 aromatic carbocycles. The molecule has 0 atom stereocenters. The number of nitrogens with zero attached hydrogens (tertiary/aromatic N) is 8. The molecule has 0 aliphatic rings. The van der Waals surface area contributed by atoms with Gasteiger partial charge in [-0.2, -0.15) is 9.13 Å². The van der Waals surface area contributed by atoms with Gasteiger partial charge in [0.05, 0.1) is 22.3 Å². The van der Waals surface area contributed by atoms with Gasteiger partial charge in [-0.05, 0) is 119 Å². The van der Waals surface area contributed by atoms with Crippen molar-refractivity contribution in [2.75, 3.05) is 19.6 Å². The van der Waals surface area contributed by atoms with E-state index in [4.69, 9.17) is 0 Å². The Labute approximate surface area is 897 Å². The molecule has 0 spiro atoms. The van der Waals surface area contributed by atoms with E-state index in [1.807, 2.05) is 248 Å². The lowest BCUT2D eigenvalue weighted by Crippen LogP contribution is -3.00. The molecule has 0 aliphatic heterocycles. The number of halogens is 6. The number of aromatic nitrogens is 8. The normalized spacial score (nSPS) is 10.3. The highest BCUT2D eigenvalue weighted by Crippen LogP contribution is 2.22. The first kappa shape index (κ1) is 120. The predicted octanol–water partition coefficient (Wildman–Crippen LogP) is -18.9. The average molecular weight is 2320 g/mol. The van der Waals surface area contributed by atoms with Crippen molar-refractivity contribution in [2.24, 2.45) is 0 Å². The smallest absolute Gasteiger partial charge is 0.488 e. The van der Waals surface area contributed by atoms with Crippen LogP contribution in [0.4, 0.5) is 0 Å². The highest BCUT2D eigenvalue weighted by molar-refractivity contribution is 6.61. The summed E-state index contributed by atoms with van der Waals surface area (Å²) in [6.45, 7) is 21.3. The molecule has 143 heavy (non-hydrogen) atoms. The fourth-order valence-electron chi connectivity index (χ4n) is 15.6. The van der Waals surface area contributed by atoms with Crippen LogP contribution in [-0.4, -0.2) is 146 Å². The van der Waals surface area contributed by atoms with Crippen LogP contribution in [0.25, 0.3) is 33.4 Å². The molecule has 8 aromatic heterocycles. The number of nitrogens with one attached hydrogen (secondary N) is 4. The van der Waals surface area contributed by atoms with Gasteiger partial charge in [0.25, 0.3) is 5.91 Å². The Morgan fingerprint density at radius 3 is 0.965 bits per heavy atom. The van der Waals surface area contributed by atoms with Gasteiger partial charge in [-0.25, -0.2) is 27.4 Å². The van der Waals surface area contributed by atoms with E-state index < -0.39 is 42.7 Å². The van der Waals surface area contributed by atoms with Gasteiger partial charge in [-0.1, -0.05) is 147 Å². The van der Waals surface area contributed by atoms with Crippen molar-refractivity contribution >= 4 is 99.1 Å². The van der Waals surface area contributed by atoms with E-state index in [-0.39, 0.29) is 132 Å². The standard InChI is InChI=1S/C42H44B2N5O5.C32H34B2N4O6.C29H30B2N3O5.6BrH/c1-32(2)42(50)45-13-6-33-7-16-47(17-8-33)29-35-23-37(27-41(25-35)44(53)54)31-49-20-11-39(12-21-49)38-9-18-48(19-10-38)30-36-22-34(24-40(26-36)43(51)52)28-46-14-4-3-5-15-46;1-23(2)31(39)35-14-8-15-36-32(40)28-17-27(21-38(22-28)20-26-10-4-6-13-30(26)34(43)44)24-11-7-16-37(18-24)19-25-9-3-5-12-29(25)33(41)42;1-21(2)29(35)32-15-22-14-26(20-34(16-22)19-25-9-4-6-12-28(25)31(38)39)23-10-7-13-33(17-23)18-24-8-3-5-11-27(24)30(36)37;;;;;;/h3-5,7-12,14-27,51-54H,1,6,13,28-31H2,2H3;3-7,9-13,16-18,21-22,41-44H,1,8,14-15,19-20H2,2H3;3-14,16-17,20,36-39H,1,15,18-19H2,2H3;6*1H/q+3;;+1;;;;;;/p-2. The van der Waals surface area contributed by atoms with Gasteiger partial charge in [0.2, 0.25) is 17.7 Å². The third-order valence-corrected chi connectivity index (χ3v) is 22.6. The molecule has 28 nitrogen and oxygen atoms in total. The van der Waals surface area contributed by atoms with Gasteiger partial charge in [0, 0.05) is 154 Å². The molecular weight excluding hydrogens is 2210 g/mol. The van der Waals surface area contributed by atoms with Crippen LogP contribution in [0.3, 0.4) is 0 Å². The van der Waals surface area contributed by atoms with Crippen LogP contribution >= 0.6 is 0 Å². The van der Waals surface area contributed by atoms with Crippen molar-refractivity contribution < 1.29 is 218 Å². The zero-order valence-electron chi connectivity index (χ0n) is 78.9. The molecule has 738 valence electrons. The Hall–Kier alpha value is -11.6. The number of pyridine rings is 8. The van der Waals surface area contributed by atoms with Crippen molar-refractivity contribution in [1.82, 2.24) is 21.3 Å². The Balaban J connectivity index is 0.000000326. The van der Waals surface area contributed by atoms with E-state index in [2.05, 4.69) is 86.5 Å². The minimum atomic E-state index is -1.64. The SMILES string of the molecule is C=C(C)C(=O)NCCCNC(=O)c1cc(-c2ccc[n+](Cc3ccccc3B(O)O)c2)c[n+](Cc2ccccc2B(O)O)c1.C=C(C)C(=O)NCCc1cc[n+](Cc2cc(C[n+]3ccc(-c4cc[n+](Cc5cc(C[n+]6ccccc6)cc(B(O)O)c5)cc4)cc3)cc(B(O)O)c2)cc1.C=C(C)C(=O)NCc1cc(-c2ccc[n+](Cc3ccccc3B(O)O)c2)c[n+](Cc2ccccc2B(O)O)c1.[Br-].[Br-].[Br-].[Br-].[Br-].[Br-]. The topological polar surface area (TPSA) is 390 Å². The number of carbonyl (C=O) groups excluding carboxylic acids is 4. The summed E-state index contributed by atoms with van der Waals surface area (Å²) in [5.74, 6) is -0.897. The number of rotatable bonds is 38. The van der Waals surface area contributed by atoms with Crippen LogP contribution in [0.15, 0.2) is 360 Å². The van der Waals surface area contributed by atoms with Gasteiger partial charge in [-0.15, -0.1) is 0 Å². The van der Waals surface area contributed by atoms with Crippen LogP contribution < -0.4 is 192 Å². The predicted molar refractivity (Wildman–Crippen MR) is 523 cm³/mol. The molecule has 0 saturated heterocycles. The summed E-state index contributed by atoms with van der Waals surface area (Å²) < 4.78 is 15.9. The second-order valence-electron chi connectivity index (χ2n) is 33.7. The van der Waals surface area contributed by atoms with Gasteiger partial charge in [-0.3, -0.25) is 19.2 Å². The maximum atomic E-state index is 13.3. The summed E-state index contributed by atoms with van der Waals surface area (Å²) in [7, 11) is -9.51. The minimum Gasteiger partial charge on any atom is -1.00 e. The van der Waals surface area contributed by atoms with Gasteiger partial charge in [0.15, 0.2) is 152 Å². The summed E-state index contributed by atoms with van der Waals surface area (Å²) >= 11 is 0. The zero-order chi connectivity index (χ0) is 97.6. The molecule has 0 bridgehead atoms. The summed E-state index contributed by atoms with van der Waals surface area (Å²) in [6, 6.07) is 69.5. The second-order valence-corrected chi connectivity index (χ2v) is 33.7. The quantitative estimate of drug-likeness (QED) is 0.00740. The first-order valence-electron chi connectivity index (χ1n) is 44.7. The molecule has 4 amide bonds. The van der Waals surface area contributed by atoms with E-state index in [0.29, 0.717) is 145 Å². The molecule has 0 fully saturated rings. The molecule has 14 rings (SSSR count). The molecule has 14 aromatic rings. The van der Waals surface area contributed by atoms with Crippen molar-refractivity contribution in [3.8, 4) is 33.4 Å². The maximum Gasteiger partial charge on any atom is 0.488 e. The summed E-state index contributed by atoms with van der Waals surface area (Å²) in [5, 5.41) is 130. The van der Waals surface area contributed by atoms with E-state index in [1.165, 1.54) is 0 Å². The molecule has 0 saturated carbocycles. The summed E-state index contributed by atoms with van der Waals surface area (Å²) in [4.78, 5) is 48.9. The second kappa shape index (κ2) is 59.6. The lowest BCUT2D eigenvalue weighted by molar-refractivity contribution is -0.689. The molecule has 8 heterocycles. The molecular formula is C103H112B6Br6N12O16+2. The average Bonchev–Trinajstić information content (AvgIpc) is 0.808. The Bertz CT molecular complexity index is 6600. The number of amides is 4. The van der Waals surface area contributed by atoms with Gasteiger partial charge >= 0.3 is 42.7 Å². The highest BCUT2D eigenvalue weighted by Gasteiger charge is 2.28. The van der Waals surface area contributed by atoms with Crippen molar-refractivity contribution in [3.05, 3.63) is 421 Å². The summed E-state index contributed by atoms with van der Waals surface area (Å²) in [6.07, 6.45) is 32.4. The summed E-state index contributed by atoms with van der Waals surface area (Å²) in [5.41, 5.74) is 18.6. The molecule has 40 heteroatoms. The van der Waals surface area contributed by atoms with Crippen LogP contribution in [0.2, 0.25) is 0 Å². The molecule has 0 radical (unpaired) electrons. The number of carbonyl (C=O) groups is 4. The molecule has 0 aliphatic carbocycles. The highest BCUT2D eigenvalue weighted by atomic mass is 79.9.